The number of nitrogens with zero attached hydrogens (tertiary/aromatic N) is 1. The summed E-state index contributed by atoms with van der Waals surface area (Å²) in [6.45, 7) is 4.74. The van der Waals surface area contributed by atoms with Crippen LogP contribution in [0.5, 0.6) is 0 Å². The second kappa shape index (κ2) is 55.9. The highest BCUT2D eigenvalue weighted by molar-refractivity contribution is 7.47. The van der Waals surface area contributed by atoms with Crippen molar-refractivity contribution >= 4 is 13.7 Å². The van der Waals surface area contributed by atoms with E-state index in [0.29, 0.717) is 17.4 Å². The van der Waals surface area contributed by atoms with Crippen molar-refractivity contribution in [3.8, 4) is 0 Å². The van der Waals surface area contributed by atoms with Crippen molar-refractivity contribution in [2.24, 2.45) is 0 Å². The Balaban J connectivity index is 4.14. The van der Waals surface area contributed by atoms with E-state index in [1.807, 2.05) is 27.2 Å². The van der Waals surface area contributed by atoms with Crippen molar-refractivity contribution in [2.75, 3.05) is 40.9 Å². The molecule has 0 saturated heterocycles. The van der Waals surface area contributed by atoms with Gasteiger partial charge in [0.05, 0.1) is 39.9 Å². The predicted molar refractivity (Wildman–Crippen MR) is 323 cm³/mol. The summed E-state index contributed by atoms with van der Waals surface area (Å²) in [6.07, 6.45) is 76.2. The Hall–Kier alpha value is -1.80. The number of carbonyl (C=O) groups is 1. The molecule has 434 valence electrons. The van der Waals surface area contributed by atoms with Crippen LogP contribution in [0.1, 0.15) is 296 Å². The van der Waals surface area contributed by atoms with Gasteiger partial charge in [-0.25, -0.2) is 4.57 Å². The van der Waals surface area contributed by atoms with Gasteiger partial charge in [0.1, 0.15) is 13.2 Å². The lowest BCUT2D eigenvalue weighted by molar-refractivity contribution is -0.870. The van der Waals surface area contributed by atoms with E-state index in [-0.39, 0.29) is 19.1 Å². The number of carbonyl (C=O) groups excluding carboxylic acids is 1. The normalized spacial score (nSPS) is 14.2. The van der Waals surface area contributed by atoms with Gasteiger partial charge in [0.25, 0.3) is 0 Å². The van der Waals surface area contributed by atoms with E-state index < -0.39 is 20.0 Å². The average Bonchev–Trinajstić information content (AvgIpc) is 3.36. The van der Waals surface area contributed by atoms with E-state index in [1.165, 1.54) is 212 Å². The van der Waals surface area contributed by atoms with Gasteiger partial charge in [-0.1, -0.05) is 293 Å². The molecule has 0 bridgehead atoms. The van der Waals surface area contributed by atoms with Gasteiger partial charge in [0.15, 0.2) is 0 Å². The van der Waals surface area contributed by atoms with Crippen molar-refractivity contribution < 1.29 is 32.9 Å². The lowest BCUT2D eigenvalue weighted by Crippen LogP contribution is -2.45. The fourth-order valence-corrected chi connectivity index (χ4v) is 10.1. The van der Waals surface area contributed by atoms with Crippen LogP contribution in [0.2, 0.25) is 0 Å². The number of phosphoric acid groups is 1. The summed E-state index contributed by atoms with van der Waals surface area (Å²) >= 11 is 0. The number of phosphoric ester groups is 1. The third-order valence-corrected chi connectivity index (χ3v) is 15.2. The van der Waals surface area contributed by atoms with Gasteiger partial charge >= 0.3 is 7.82 Å². The maximum Gasteiger partial charge on any atom is 0.472 e. The minimum atomic E-state index is -4.35. The van der Waals surface area contributed by atoms with Crippen LogP contribution in [0.15, 0.2) is 60.8 Å². The first-order valence-corrected chi connectivity index (χ1v) is 33.2. The maximum absolute atomic E-state index is 13.0. The molecule has 0 aromatic heterocycles. The number of amides is 1. The minimum Gasteiger partial charge on any atom is -0.387 e. The molecule has 0 aliphatic heterocycles. The van der Waals surface area contributed by atoms with Gasteiger partial charge in [0.2, 0.25) is 5.91 Å². The molecule has 1 amide bonds. The first kappa shape index (κ1) is 72.2. The molecule has 0 aromatic carbocycles. The zero-order chi connectivity index (χ0) is 54.2. The molecule has 0 heterocycles. The Labute approximate surface area is 460 Å². The molecule has 9 heteroatoms. The summed E-state index contributed by atoms with van der Waals surface area (Å²) in [7, 11) is 1.58. The monoisotopic (exact) mass is 1060 g/mol. The highest BCUT2D eigenvalue weighted by Gasteiger charge is 2.27. The minimum absolute atomic E-state index is 0.0608. The van der Waals surface area contributed by atoms with Crippen LogP contribution < -0.4 is 5.32 Å². The van der Waals surface area contributed by atoms with Gasteiger partial charge in [-0.15, -0.1) is 0 Å². The molecule has 0 saturated carbocycles. The number of quaternary nitrogens is 1. The molecule has 0 radical (unpaired) electrons. The van der Waals surface area contributed by atoms with Crippen LogP contribution in [-0.2, 0) is 18.4 Å². The maximum atomic E-state index is 13.0. The number of rotatable bonds is 58. The summed E-state index contributed by atoms with van der Waals surface area (Å²) in [5, 5.41) is 14.0. The van der Waals surface area contributed by atoms with Crippen LogP contribution in [-0.4, -0.2) is 73.4 Å². The molecule has 3 atom stereocenters. The van der Waals surface area contributed by atoms with Gasteiger partial charge in [-0.2, -0.15) is 0 Å². The van der Waals surface area contributed by atoms with E-state index in [2.05, 4.69) is 67.8 Å². The van der Waals surface area contributed by atoms with Gasteiger partial charge < -0.3 is 19.8 Å². The molecule has 0 fully saturated rings. The second-order valence-electron chi connectivity index (χ2n) is 22.8. The van der Waals surface area contributed by atoms with Crippen molar-refractivity contribution in [3.63, 3.8) is 0 Å². The summed E-state index contributed by atoms with van der Waals surface area (Å²) in [5.74, 6) is -0.176. The van der Waals surface area contributed by atoms with E-state index in [4.69, 9.17) is 9.05 Å². The molecule has 0 rings (SSSR count). The highest BCUT2D eigenvalue weighted by atomic mass is 31.2. The SMILES string of the molecule is CC/C=C\C/C=C\C/C=C\C/C=C\CCCCCCCCCCCCCCCCC(=O)NC(COP(=O)(O)OCC[N+](C)(C)C)C(O)/C=C/CCCCCCCCCCCCCCCCCCCCCCCCC. The molecular formula is C65H124N2O6P+. The number of nitrogens with one attached hydrogen (secondary N) is 1. The number of hydrogen-bond donors (Lipinski definition) is 3. The molecule has 0 aromatic rings. The highest BCUT2D eigenvalue weighted by Crippen LogP contribution is 2.43. The predicted octanol–water partition coefficient (Wildman–Crippen LogP) is 19.7. The number of likely N-dealkylation sites (N-methyl/N-ethyl adjacent to an activating group) is 1. The fourth-order valence-electron chi connectivity index (χ4n) is 9.33. The summed E-state index contributed by atoms with van der Waals surface area (Å²) in [4.78, 5) is 23.4. The molecule has 0 aliphatic rings. The van der Waals surface area contributed by atoms with Gasteiger partial charge in [-0.3, -0.25) is 13.8 Å². The Bertz CT molecular complexity index is 1390. The third kappa shape index (κ3) is 57.9. The van der Waals surface area contributed by atoms with E-state index in [0.717, 1.165) is 64.2 Å². The van der Waals surface area contributed by atoms with Crippen LogP contribution in [0.3, 0.4) is 0 Å². The largest absolute Gasteiger partial charge is 0.472 e. The number of allylic oxidation sites excluding steroid dienone is 9. The molecular weight excluding hydrogens is 936 g/mol. The quantitative estimate of drug-likeness (QED) is 0.0243. The van der Waals surface area contributed by atoms with E-state index in [9.17, 15) is 19.4 Å². The van der Waals surface area contributed by atoms with Crippen LogP contribution in [0.25, 0.3) is 0 Å². The lowest BCUT2D eigenvalue weighted by Gasteiger charge is -2.25. The van der Waals surface area contributed by atoms with Crippen LogP contribution >= 0.6 is 7.82 Å². The molecule has 0 spiro atoms. The first-order valence-electron chi connectivity index (χ1n) is 31.7. The lowest BCUT2D eigenvalue weighted by atomic mass is 10.0. The van der Waals surface area contributed by atoms with Crippen molar-refractivity contribution in [1.29, 1.82) is 0 Å². The smallest absolute Gasteiger partial charge is 0.387 e. The second-order valence-corrected chi connectivity index (χ2v) is 24.2. The van der Waals surface area contributed by atoms with Crippen molar-refractivity contribution in [3.05, 3.63) is 60.8 Å². The zero-order valence-corrected chi connectivity index (χ0v) is 50.5. The fraction of sp³-hybridized carbons (Fsp3) is 0.831. The number of aliphatic hydroxyl groups is 1. The average molecular weight is 1060 g/mol. The number of hydrogen-bond acceptors (Lipinski definition) is 5. The van der Waals surface area contributed by atoms with Gasteiger partial charge in [-0.05, 0) is 57.8 Å². The van der Waals surface area contributed by atoms with Crippen LogP contribution in [0.4, 0.5) is 0 Å². The standard InChI is InChI=1S/C65H123N2O6P/c1-6-8-10-12-14-16-18-20-22-24-26-28-30-32-33-35-37-39-41-43-45-47-49-51-53-55-57-59-65(69)66-63(62-73-74(70,71)72-61-60-67(3,4)5)64(68)58-56-54-52-50-48-46-44-42-40-38-36-34-31-29-27-25-23-21-19-17-15-13-11-9-7-2/h8,10,14,16,20,22,26,28,56,58,63-64,68H,6-7,9,11-13,15,17-19,21,23-25,27,29-55,57,59-62H2,1-5H3,(H-,66,69,70,71)/p+1/b10-8-,16-14-,22-20-,28-26-,58-56+. The van der Waals surface area contributed by atoms with Crippen molar-refractivity contribution in [2.45, 2.75) is 309 Å². The Morgan fingerprint density at radius 3 is 1.19 bits per heavy atom. The molecule has 0 aliphatic carbocycles. The van der Waals surface area contributed by atoms with Gasteiger partial charge in [0, 0.05) is 6.42 Å². The summed E-state index contributed by atoms with van der Waals surface area (Å²) in [6, 6.07) is -0.850. The van der Waals surface area contributed by atoms with Crippen molar-refractivity contribution in [1.82, 2.24) is 5.32 Å². The Morgan fingerprint density at radius 2 is 0.811 bits per heavy atom. The Morgan fingerprint density at radius 1 is 0.473 bits per heavy atom. The summed E-state index contributed by atoms with van der Waals surface area (Å²) in [5.41, 5.74) is 0. The van der Waals surface area contributed by atoms with E-state index >= 15 is 0 Å². The Kier molecular flexibility index (Phi) is 54.6. The van der Waals surface area contributed by atoms with Crippen LogP contribution in [0, 0.1) is 0 Å². The first-order chi connectivity index (χ1) is 36.0. The van der Waals surface area contributed by atoms with E-state index in [1.54, 1.807) is 6.08 Å². The number of unbranched alkanes of at least 4 members (excludes halogenated alkanes) is 37. The third-order valence-electron chi connectivity index (χ3n) is 14.2. The molecule has 3 unspecified atom stereocenters. The topological polar surface area (TPSA) is 105 Å². The molecule has 3 N–H and O–H groups in total. The zero-order valence-electron chi connectivity index (χ0n) is 49.6. The molecule has 8 nitrogen and oxygen atoms in total. The molecule has 74 heavy (non-hydrogen) atoms. The summed E-state index contributed by atoms with van der Waals surface area (Å²) < 4.78 is 23.8. The number of aliphatic hydroxyl groups excluding tert-OH is 1.